The van der Waals surface area contributed by atoms with E-state index in [0.717, 1.165) is 21.7 Å². The van der Waals surface area contributed by atoms with E-state index in [2.05, 4.69) is 15.6 Å². The standard InChI is InChI=1S/C27H22ClN3O2S2/c1-18(26(33)31-27-30-24(17-34-27)20-8-10-21(28)11-9-20)35-23-14-12-22(13-15-23)29-25(32)16-7-19-5-3-2-4-6-19/h2-18H,1H3,(H,29,32)(H,30,31,33)/b16-7+. The molecular weight excluding hydrogens is 498 g/mol. The summed E-state index contributed by atoms with van der Waals surface area (Å²) in [6.07, 6.45) is 3.27. The Labute approximate surface area is 217 Å². The molecule has 0 spiro atoms. The minimum Gasteiger partial charge on any atom is -0.323 e. The smallest absolute Gasteiger partial charge is 0.248 e. The van der Waals surface area contributed by atoms with Gasteiger partial charge in [-0.3, -0.25) is 9.59 Å². The van der Waals surface area contributed by atoms with Gasteiger partial charge < -0.3 is 10.6 Å². The number of rotatable bonds is 8. The van der Waals surface area contributed by atoms with Crippen LogP contribution in [0.2, 0.25) is 5.02 Å². The molecular formula is C27H22ClN3O2S2. The molecule has 0 radical (unpaired) electrons. The normalized spacial score (nSPS) is 11.8. The second-order valence-corrected chi connectivity index (χ2v) is 10.3. The zero-order chi connectivity index (χ0) is 24.6. The lowest BCUT2D eigenvalue weighted by atomic mass is 10.2. The summed E-state index contributed by atoms with van der Waals surface area (Å²) >= 11 is 8.75. The molecule has 35 heavy (non-hydrogen) atoms. The zero-order valence-corrected chi connectivity index (χ0v) is 21.2. The first-order chi connectivity index (χ1) is 17.0. The highest BCUT2D eigenvalue weighted by molar-refractivity contribution is 8.00. The molecule has 0 aliphatic rings. The molecule has 0 fully saturated rings. The van der Waals surface area contributed by atoms with Gasteiger partial charge in [-0.25, -0.2) is 4.98 Å². The molecule has 2 N–H and O–H groups in total. The van der Waals surface area contributed by atoms with Crippen molar-refractivity contribution < 1.29 is 9.59 Å². The maximum absolute atomic E-state index is 12.7. The van der Waals surface area contributed by atoms with Crippen molar-refractivity contribution in [2.45, 2.75) is 17.1 Å². The lowest BCUT2D eigenvalue weighted by Crippen LogP contribution is -2.22. The number of carbonyl (C=O) groups excluding carboxylic acids is 2. The first-order valence-corrected chi connectivity index (χ1v) is 12.9. The van der Waals surface area contributed by atoms with Crippen LogP contribution in [0.1, 0.15) is 12.5 Å². The molecule has 3 aromatic carbocycles. The van der Waals surface area contributed by atoms with Crippen LogP contribution in [-0.2, 0) is 9.59 Å². The summed E-state index contributed by atoms with van der Waals surface area (Å²) in [5, 5.41) is 8.51. The quantitative estimate of drug-likeness (QED) is 0.190. The SMILES string of the molecule is CC(Sc1ccc(NC(=O)/C=C/c2ccccc2)cc1)C(=O)Nc1nc(-c2ccc(Cl)cc2)cs1. The second-order valence-electron chi connectivity index (χ2n) is 7.55. The number of nitrogens with zero attached hydrogens (tertiary/aromatic N) is 1. The van der Waals surface area contributed by atoms with Gasteiger partial charge in [0.25, 0.3) is 0 Å². The lowest BCUT2D eigenvalue weighted by molar-refractivity contribution is -0.115. The number of hydrogen-bond donors (Lipinski definition) is 2. The summed E-state index contributed by atoms with van der Waals surface area (Å²) < 4.78 is 0. The molecule has 1 unspecified atom stereocenters. The molecule has 4 aromatic rings. The maximum Gasteiger partial charge on any atom is 0.248 e. The van der Waals surface area contributed by atoms with Gasteiger partial charge in [0.2, 0.25) is 11.8 Å². The van der Waals surface area contributed by atoms with Crippen molar-refractivity contribution >= 4 is 63.4 Å². The van der Waals surface area contributed by atoms with E-state index in [1.165, 1.54) is 29.2 Å². The molecule has 1 heterocycles. The molecule has 0 aliphatic heterocycles. The fourth-order valence-electron chi connectivity index (χ4n) is 3.09. The summed E-state index contributed by atoms with van der Waals surface area (Å²) in [4.78, 5) is 30.2. The predicted molar refractivity (Wildman–Crippen MR) is 147 cm³/mol. The second kappa shape index (κ2) is 11.8. The Balaban J connectivity index is 1.28. The van der Waals surface area contributed by atoms with Crippen LogP contribution in [0.3, 0.4) is 0 Å². The van der Waals surface area contributed by atoms with E-state index in [1.54, 1.807) is 6.08 Å². The number of halogens is 1. The van der Waals surface area contributed by atoms with Crippen LogP contribution in [0.15, 0.2) is 95.2 Å². The summed E-state index contributed by atoms with van der Waals surface area (Å²) in [5.74, 6) is -0.334. The lowest BCUT2D eigenvalue weighted by Gasteiger charge is -2.11. The van der Waals surface area contributed by atoms with Crippen LogP contribution in [-0.4, -0.2) is 22.0 Å². The number of anilines is 2. The molecule has 0 bridgehead atoms. The van der Waals surface area contributed by atoms with Crippen molar-refractivity contribution in [3.8, 4) is 11.3 Å². The predicted octanol–water partition coefficient (Wildman–Crippen LogP) is 7.23. The molecule has 5 nitrogen and oxygen atoms in total. The Morgan fingerprint density at radius 1 is 0.971 bits per heavy atom. The first-order valence-electron chi connectivity index (χ1n) is 10.8. The minimum absolute atomic E-state index is 0.129. The summed E-state index contributed by atoms with van der Waals surface area (Å²) in [6, 6.07) is 24.5. The van der Waals surface area contributed by atoms with E-state index >= 15 is 0 Å². The Hall–Kier alpha value is -3.39. The molecule has 0 saturated carbocycles. The highest BCUT2D eigenvalue weighted by atomic mass is 35.5. The number of carbonyl (C=O) groups is 2. The first kappa shape index (κ1) is 24.7. The van der Waals surface area contributed by atoms with Crippen molar-refractivity contribution in [2.24, 2.45) is 0 Å². The van der Waals surface area contributed by atoms with E-state index in [1.807, 2.05) is 91.2 Å². The maximum atomic E-state index is 12.7. The summed E-state index contributed by atoms with van der Waals surface area (Å²) in [7, 11) is 0. The number of aromatic nitrogens is 1. The van der Waals surface area contributed by atoms with Gasteiger partial charge in [-0.05, 0) is 55.0 Å². The van der Waals surface area contributed by atoms with Gasteiger partial charge in [-0.15, -0.1) is 23.1 Å². The van der Waals surface area contributed by atoms with E-state index in [-0.39, 0.29) is 17.1 Å². The van der Waals surface area contributed by atoms with Gasteiger partial charge >= 0.3 is 0 Å². The average Bonchev–Trinajstić information content (AvgIpc) is 3.33. The van der Waals surface area contributed by atoms with Crippen molar-refractivity contribution in [3.05, 3.63) is 101 Å². The van der Waals surface area contributed by atoms with E-state index < -0.39 is 0 Å². The van der Waals surface area contributed by atoms with Crippen molar-refractivity contribution in [2.75, 3.05) is 10.6 Å². The largest absolute Gasteiger partial charge is 0.323 e. The number of amides is 2. The van der Waals surface area contributed by atoms with Crippen LogP contribution in [0.4, 0.5) is 10.8 Å². The van der Waals surface area contributed by atoms with Crippen LogP contribution in [0, 0.1) is 0 Å². The molecule has 8 heteroatoms. The minimum atomic E-state index is -0.327. The monoisotopic (exact) mass is 519 g/mol. The van der Waals surface area contributed by atoms with Crippen LogP contribution < -0.4 is 10.6 Å². The van der Waals surface area contributed by atoms with Gasteiger partial charge in [0.1, 0.15) is 0 Å². The highest BCUT2D eigenvalue weighted by Crippen LogP contribution is 2.28. The number of hydrogen-bond acceptors (Lipinski definition) is 5. The van der Waals surface area contributed by atoms with Gasteiger partial charge in [-0.1, -0.05) is 54.1 Å². The molecule has 2 amide bonds. The van der Waals surface area contributed by atoms with Crippen LogP contribution >= 0.6 is 34.7 Å². The fourth-order valence-corrected chi connectivity index (χ4v) is 4.80. The van der Waals surface area contributed by atoms with Crippen LogP contribution in [0.25, 0.3) is 17.3 Å². The number of benzene rings is 3. The van der Waals surface area contributed by atoms with Gasteiger partial charge in [0, 0.05) is 32.6 Å². The molecule has 176 valence electrons. The van der Waals surface area contributed by atoms with Crippen LogP contribution in [0.5, 0.6) is 0 Å². The van der Waals surface area contributed by atoms with Gasteiger partial charge in [0.05, 0.1) is 10.9 Å². The summed E-state index contributed by atoms with van der Waals surface area (Å²) in [6.45, 7) is 1.85. The third-order valence-corrected chi connectivity index (χ3v) is 7.03. The molecule has 0 aliphatic carbocycles. The Bertz CT molecular complexity index is 1320. The fraction of sp³-hybridized carbons (Fsp3) is 0.0741. The zero-order valence-electron chi connectivity index (χ0n) is 18.8. The summed E-state index contributed by atoms with van der Waals surface area (Å²) in [5.41, 5.74) is 3.38. The van der Waals surface area contributed by atoms with Crippen molar-refractivity contribution in [1.29, 1.82) is 0 Å². The number of thioether (sulfide) groups is 1. The third kappa shape index (κ3) is 7.29. The average molecular weight is 520 g/mol. The van der Waals surface area contributed by atoms with Crippen molar-refractivity contribution in [1.82, 2.24) is 4.98 Å². The van der Waals surface area contributed by atoms with E-state index in [4.69, 9.17) is 11.6 Å². The topological polar surface area (TPSA) is 71.1 Å². The van der Waals surface area contributed by atoms with E-state index in [9.17, 15) is 9.59 Å². The Kier molecular flexibility index (Phi) is 8.36. The molecule has 0 saturated heterocycles. The number of nitrogens with one attached hydrogen (secondary N) is 2. The molecule has 4 rings (SSSR count). The Morgan fingerprint density at radius 3 is 2.40 bits per heavy atom. The number of thiazole rings is 1. The highest BCUT2D eigenvalue weighted by Gasteiger charge is 2.16. The Morgan fingerprint density at radius 2 is 1.69 bits per heavy atom. The third-order valence-electron chi connectivity index (χ3n) is 4.90. The molecule has 1 atom stereocenters. The van der Waals surface area contributed by atoms with E-state index in [0.29, 0.717) is 15.8 Å². The van der Waals surface area contributed by atoms with Gasteiger partial charge in [-0.2, -0.15) is 0 Å². The van der Waals surface area contributed by atoms with Crippen molar-refractivity contribution in [3.63, 3.8) is 0 Å². The molecule has 1 aromatic heterocycles. The van der Waals surface area contributed by atoms with Gasteiger partial charge in [0.15, 0.2) is 5.13 Å².